The molecule has 0 saturated carbocycles. The van der Waals surface area contributed by atoms with E-state index in [1.54, 1.807) is 11.0 Å². The maximum atomic E-state index is 13.5. The van der Waals surface area contributed by atoms with Gasteiger partial charge in [0.1, 0.15) is 11.9 Å². The van der Waals surface area contributed by atoms with Gasteiger partial charge in [0, 0.05) is 38.5 Å². The zero-order valence-electron chi connectivity index (χ0n) is 16.1. The van der Waals surface area contributed by atoms with Crippen LogP contribution < -0.4 is 5.32 Å². The summed E-state index contributed by atoms with van der Waals surface area (Å²) in [7, 11) is 0. The molecule has 1 atom stereocenters. The van der Waals surface area contributed by atoms with Crippen molar-refractivity contribution in [3.63, 3.8) is 0 Å². The van der Waals surface area contributed by atoms with E-state index in [1.807, 2.05) is 6.92 Å². The van der Waals surface area contributed by atoms with E-state index in [2.05, 4.69) is 10.2 Å². The molecule has 1 aliphatic carbocycles. The lowest BCUT2D eigenvalue weighted by atomic mass is 10.0. The molecule has 0 radical (unpaired) electrons. The summed E-state index contributed by atoms with van der Waals surface area (Å²) < 4.78 is 18.9. The molecule has 0 spiro atoms. The van der Waals surface area contributed by atoms with Crippen molar-refractivity contribution in [2.24, 2.45) is 0 Å². The molecule has 1 unspecified atom stereocenters. The van der Waals surface area contributed by atoms with Crippen LogP contribution in [0.15, 0.2) is 23.6 Å². The van der Waals surface area contributed by atoms with Crippen LogP contribution in [0, 0.1) is 0 Å². The Morgan fingerprint density at radius 3 is 2.85 bits per heavy atom. The van der Waals surface area contributed by atoms with E-state index in [0.29, 0.717) is 25.1 Å². The molecule has 3 rings (SSSR count). The predicted octanol–water partition coefficient (Wildman–Crippen LogP) is 2.13. The number of ether oxygens (including phenoxy) is 1. The van der Waals surface area contributed by atoms with Crippen molar-refractivity contribution in [2.45, 2.75) is 57.7 Å². The number of allylic oxidation sites excluding steroid dienone is 2. The lowest BCUT2D eigenvalue weighted by Crippen LogP contribution is -2.45. The molecule has 2 fully saturated rings. The van der Waals surface area contributed by atoms with Crippen molar-refractivity contribution >= 4 is 11.8 Å². The average molecular weight is 379 g/mol. The highest BCUT2D eigenvalue weighted by Gasteiger charge is 2.30. The highest BCUT2D eigenvalue weighted by Crippen LogP contribution is 2.28. The van der Waals surface area contributed by atoms with Gasteiger partial charge in [0.05, 0.1) is 5.70 Å². The van der Waals surface area contributed by atoms with Crippen LogP contribution in [0.25, 0.3) is 0 Å². The summed E-state index contributed by atoms with van der Waals surface area (Å²) in [5, 5.41) is 3.11. The van der Waals surface area contributed by atoms with Gasteiger partial charge in [-0.25, -0.2) is 4.39 Å². The summed E-state index contributed by atoms with van der Waals surface area (Å²) >= 11 is 0. The van der Waals surface area contributed by atoms with Crippen molar-refractivity contribution in [3.8, 4) is 0 Å². The van der Waals surface area contributed by atoms with Gasteiger partial charge in [-0.15, -0.1) is 0 Å². The lowest BCUT2D eigenvalue weighted by Gasteiger charge is -2.35. The topological polar surface area (TPSA) is 61.9 Å². The summed E-state index contributed by atoms with van der Waals surface area (Å²) in [6, 6.07) is 0.287. The number of carbonyl (C=O) groups is 2. The number of nitrogens with zero attached hydrogens (tertiary/aromatic N) is 2. The number of hydrogen-bond donors (Lipinski definition) is 1. The molecule has 1 N–H and O–H groups in total. The molecule has 2 heterocycles. The molecule has 3 aliphatic rings. The first-order valence-corrected chi connectivity index (χ1v) is 10.1. The van der Waals surface area contributed by atoms with Crippen LogP contribution in [0.1, 0.15) is 45.4 Å². The van der Waals surface area contributed by atoms with Crippen molar-refractivity contribution in [2.75, 3.05) is 32.8 Å². The summed E-state index contributed by atoms with van der Waals surface area (Å²) in [6.07, 6.45) is 6.79. The number of alkyl halides is 1. The third-order valence-electron chi connectivity index (χ3n) is 5.35. The van der Waals surface area contributed by atoms with Crippen molar-refractivity contribution in [3.05, 3.63) is 23.6 Å². The molecule has 6 nitrogen and oxygen atoms in total. The quantitative estimate of drug-likeness (QED) is 0.736. The minimum absolute atomic E-state index is 0.0151. The summed E-state index contributed by atoms with van der Waals surface area (Å²) in [6.45, 7) is 5.46. The van der Waals surface area contributed by atoms with E-state index in [1.165, 1.54) is 6.08 Å². The molecule has 0 bridgehead atoms. The Balaban J connectivity index is 1.41. The van der Waals surface area contributed by atoms with Crippen molar-refractivity contribution in [1.29, 1.82) is 0 Å². The smallest absolute Gasteiger partial charge is 0.265 e. The van der Waals surface area contributed by atoms with Gasteiger partial charge in [0.15, 0.2) is 6.61 Å². The number of fused-ring (bicyclic) bond motifs is 1. The summed E-state index contributed by atoms with van der Waals surface area (Å²) in [5.74, 6) is 0.590. The SMILES string of the molecule is CCCC(=O)NC1CCN(CCCN2C(=O)COC3=CC(F)CC=C32)CC1. The first kappa shape index (κ1) is 19.9. The zero-order chi connectivity index (χ0) is 19.2. The number of rotatable bonds is 7. The maximum Gasteiger partial charge on any atom is 0.265 e. The molecule has 0 aromatic carbocycles. The van der Waals surface area contributed by atoms with E-state index in [0.717, 1.165) is 51.0 Å². The van der Waals surface area contributed by atoms with Crippen LogP contribution in [-0.4, -0.2) is 66.6 Å². The number of morpholine rings is 1. The second-order valence-corrected chi connectivity index (χ2v) is 7.49. The average Bonchev–Trinajstić information content (AvgIpc) is 2.65. The van der Waals surface area contributed by atoms with Crippen LogP contribution in [0.5, 0.6) is 0 Å². The third kappa shape index (κ3) is 5.31. The van der Waals surface area contributed by atoms with E-state index in [9.17, 15) is 14.0 Å². The van der Waals surface area contributed by atoms with Crippen molar-refractivity contribution in [1.82, 2.24) is 15.1 Å². The number of likely N-dealkylation sites (tertiary alicyclic amines) is 1. The third-order valence-corrected chi connectivity index (χ3v) is 5.35. The van der Waals surface area contributed by atoms with E-state index in [-0.39, 0.29) is 24.5 Å². The van der Waals surface area contributed by atoms with E-state index in [4.69, 9.17) is 4.74 Å². The molecule has 150 valence electrons. The highest BCUT2D eigenvalue weighted by molar-refractivity contribution is 5.81. The molecule has 2 saturated heterocycles. The molecule has 7 heteroatoms. The molecule has 0 aromatic heterocycles. The Morgan fingerprint density at radius 2 is 2.11 bits per heavy atom. The minimum atomic E-state index is -1.03. The van der Waals surface area contributed by atoms with Gasteiger partial charge in [0.25, 0.3) is 5.91 Å². The Labute approximate surface area is 160 Å². The fourth-order valence-electron chi connectivity index (χ4n) is 3.88. The number of halogens is 1. The second-order valence-electron chi connectivity index (χ2n) is 7.49. The van der Waals surface area contributed by atoms with Crippen LogP contribution >= 0.6 is 0 Å². The second kappa shape index (κ2) is 9.35. The van der Waals surface area contributed by atoms with Crippen LogP contribution in [0.2, 0.25) is 0 Å². The van der Waals surface area contributed by atoms with Gasteiger partial charge in [-0.3, -0.25) is 9.59 Å². The molecular formula is C20H30FN3O3. The molecule has 2 aliphatic heterocycles. The van der Waals surface area contributed by atoms with Gasteiger partial charge >= 0.3 is 0 Å². The number of hydrogen-bond acceptors (Lipinski definition) is 4. The van der Waals surface area contributed by atoms with Gasteiger partial charge in [-0.05, 0) is 38.3 Å². The lowest BCUT2D eigenvalue weighted by molar-refractivity contribution is -0.136. The zero-order valence-corrected chi connectivity index (χ0v) is 16.1. The molecule has 2 amide bonds. The molecule has 27 heavy (non-hydrogen) atoms. The van der Waals surface area contributed by atoms with E-state index >= 15 is 0 Å². The fourth-order valence-corrected chi connectivity index (χ4v) is 3.88. The van der Waals surface area contributed by atoms with Gasteiger partial charge < -0.3 is 19.9 Å². The van der Waals surface area contributed by atoms with Crippen LogP contribution in [-0.2, 0) is 14.3 Å². The predicted molar refractivity (Wildman–Crippen MR) is 100 cm³/mol. The van der Waals surface area contributed by atoms with Crippen LogP contribution in [0.3, 0.4) is 0 Å². The number of piperidine rings is 1. The Hall–Kier alpha value is -1.89. The fraction of sp³-hybridized carbons (Fsp3) is 0.700. The molecule has 0 aromatic rings. The summed E-state index contributed by atoms with van der Waals surface area (Å²) in [4.78, 5) is 28.0. The Kier molecular flexibility index (Phi) is 6.88. The minimum Gasteiger partial charge on any atom is -0.482 e. The van der Waals surface area contributed by atoms with Gasteiger partial charge in [0.2, 0.25) is 5.91 Å². The number of amides is 2. The first-order valence-electron chi connectivity index (χ1n) is 10.1. The summed E-state index contributed by atoms with van der Waals surface area (Å²) in [5.41, 5.74) is 0.720. The number of carbonyl (C=O) groups excluding carboxylic acids is 2. The van der Waals surface area contributed by atoms with Crippen molar-refractivity contribution < 1.29 is 18.7 Å². The van der Waals surface area contributed by atoms with E-state index < -0.39 is 6.17 Å². The number of nitrogens with one attached hydrogen (secondary N) is 1. The monoisotopic (exact) mass is 379 g/mol. The first-order chi connectivity index (χ1) is 13.1. The Morgan fingerprint density at radius 1 is 1.33 bits per heavy atom. The highest BCUT2D eigenvalue weighted by atomic mass is 19.1. The van der Waals surface area contributed by atoms with Gasteiger partial charge in [-0.2, -0.15) is 0 Å². The maximum absolute atomic E-state index is 13.5. The largest absolute Gasteiger partial charge is 0.482 e. The Bertz CT molecular complexity index is 612. The standard InChI is InChI=1S/C20H30FN3O3/c1-2-4-19(25)22-16-7-11-23(12-8-16)9-3-10-24-17-6-5-15(21)13-18(17)27-14-20(24)26/h6,13,15-16H,2-5,7-12,14H2,1H3,(H,22,25). The van der Waals surface area contributed by atoms with Gasteiger partial charge in [-0.1, -0.05) is 13.0 Å². The normalized spacial score (nSPS) is 24.0. The van der Waals surface area contributed by atoms with Crippen LogP contribution in [0.4, 0.5) is 4.39 Å². The molecular weight excluding hydrogens is 349 g/mol.